The van der Waals surface area contributed by atoms with Crippen molar-refractivity contribution in [1.29, 1.82) is 0 Å². The minimum atomic E-state index is 1.05. The summed E-state index contributed by atoms with van der Waals surface area (Å²) in [5, 5.41) is 2.54. The van der Waals surface area contributed by atoms with Crippen LogP contribution in [0.25, 0.3) is 24.3 Å². The maximum Gasteiger partial charge on any atom is -0.0184 e. The van der Waals surface area contributed by atoms with Crippen molar-refractivity contribution in [3.8, 4) is 0 Å². The summed E-state index contributed by atoms with van der Waals surface area (Å²) in [7, 11) is 0. The van der Waals surface area contributed by atoms with Gasteiger partial charge in [-0.1, -0.05) is 44.4 Å². The lowest BCUT2D eigenvalue weighted by atomic mass is 10.0. The molecule has 0 nitrogen and oxygen atoms in total. The second-order valence-corrected chi connectivity index (χ2v) is 3.42. The van der Waals surface area contributed by atoms with Gasteiger partial charge in [-0.25, -0.2) is 0 Å². The molecule has 0 radical (unpaired) electrons. The van der Waals surface area contributed by atoms with Crippen LogP contribution in [-0.2, 0) is 0 Å². The average Bonchev–Trinajstić information content (AvgIpc) is 2.28. The van der Waals surface area contributed by atoms with E-state index in [4.69, 9.17) is 0 Å². The van der Waals surface area contributed by atoms with Crippen LogP contribution in [0.3, 0.4) is 0 Å². The van der Waals surface area contributed by atoms with Gasteiger partial charge in [-0.05, 0) is 47.0 Å². The molecule has 0 aromatic heterocycles. The average molecular weight is 198 g/mol. The lowest BCUT2D eigenvalue weighted by Gasteiger charge is -2.01. The fourth-order valence-electron chi connectivity index (χ4n) is 1.67. The normalized spacial score (nSPS) is 12.9. The van der Waals surface area contributed by atoms with Crippen molar-refractivity contribution in [3.05, 3.63) is 46.9 Å². The van der Waals surface area contributed by atoms with Gasteiger partial charge >= 0.3 is 0 Å². The zero-order valence-electron chi connectivity index (χ0n) is 9.59. The van der Waals surface area contributed by atoms with E-state index in [1.165, 1.54) is 10.4 Å². The van der Waals surface area contributed by atoms with Crippen molar-refractivity contribution < 1.29 is 0 Å². The highest BCUT2D eigenvalue weighted by molar-refractivity contribution is 5.64. The SMILES string of the molecule is C=Cc1cc(=C/C)/c(=C\CC)cc1C=C. The van der Waals surface area contributed by atoms with E-state index in [1.54, 1.807) is 0 Å². The summed E-state index contributed by atoms with van der Waals surface area (Å²) in [6.45, 7) is 11.8. The highest BCUT2D eigenvalue weighted by atomic mass is 14.0. The fraction of sp³-hybridized carbons (Fsp3) is 0.200. The van der Waals surface area contributed by atoms with E-state index in [9.17, 15) is 0 Å². The van der Waals surface area contributed by atoms with E-state index in [-0.39, 0.29) is 0 Å². The summed E-state index contributed by atoms with van der Waals surface area (Å²) >= 11 is 0. The quantitative estimate of drug-likeness (QED) is 0.700. The van der Waals surface area contributed by atoms with Crippen LogP contribution >= 0.6 is 0 Å². The molecule has 0 heteroatoms. The molecule has 0 amide bonds. The zero-order valence-corrected chi connectivity index (χ0v) is 9.59. The maximum absolute atomic E-state index is 3.82. The smallest absolute Gasteiger partial charge is 0.0184 e. The van der Waals surface area contributed by atoms with Crippen LogP contribution in [-0.4, -0.2) is 0 Å². The van der Waals surface area contributed by atoms with Crippen LogP contribution in [0.5, 0.6) is 0 Å². The Bertz CT molecular complexity index is 475. The predicted molar refractivity (Wildman–Crippen MR) is 70.8 cm³/mol. The van der Waals surface area contributed by atoms with Gasteiger partial charge < -0.3 is 0 Å². The molecule has 1 aromatic rings. The van der Waals surface area contributed by atoms with Gasteiger partial charge in [0, 0.05) is 0 Å². The molecule has 78 valence electrons. The van der Waals surface area contributed by atoms with Gasteiger partial charge in [-0.2, -0.15) is 0 Å². The Morgan fingerprint density at radius 2 is 1.60 bits per heavy atom. The predicted octanol–water partition coefficient (Wildman–Crippen LogP) is 2.96. The summed E-state index contributed by atoms with van der Waals surface area (Å²) in [4.78, 5) is 0. The Balaban J connectivity index is 3.63. The van der Waals surface area contributed by atoms with Crippen LogP contribution in [0.4, 0.5) is 0 Å². The molecule has 0 unspecified atom stereocenters. The third kappa shape index (κ3) is 2.47. The Morgan fingerprint density at radius 3 is 2.00 bits per heavy atom. The van der Waals surface area contributed by atoms with Crippen molar-refractivity contribution in [2.75, 3.05) is 0 Å². The summed E-state index contributed by atoms with van der Waals surface area (Å²) < 4.78 is 0. The number of hydrogen-bond acceptors (Lipinski definition) is 0. The molecule has 0 bridgehead atoms. The summed E-state index contributed by atoms with van der Waals surface area (Å²) in [5.41, 5.74) is 2.29. The van der Waals surface area contributed by atoms with Crippen molar-refractivity contribution in [2.24, 2.45) is 0 Å². The zero-order chi connectivity index (χ0) is 11.3. The Morgan fingerprint density at radius 1 is 1.07 bits per heavy atom. The largest absolute Gasteiger partial charge is 0.0984 e. The first kappa shape index (κ1) is 11.5. The number of benzene rings is 1. The Kier molecular flexibility index (Phi) is 4.11. The highest BCUT2D eigenvalue weighted by Crippen LogP contribution is 2.06. The minimum Gasteiger partial charge on any atom is -0.0984 e. The molecule has 0 saturated heterocycles. The summed E-state index contributed by atoms with van der Waals surface area (Å²) in [6, 6.07) is 4.33. The van der Waals surface area contributed by atoms with Crippen LogP contribution in [0.15, 0.2) is 25.3 Å². The monoisotopic (exact) mass is 198 g/mol. The van der Waals surface area contributed by atoms with Crippen molar-refractivity contribution in [3.63, 3.8) is 0 Å². The standard InChI is InChI=1S/C15H18/c1-5-9-15-11-13(7-3)12(6-2)10-14(15)8-4/h6-11H,2-3,5H2,1,4H3/b14-8-,15-9-. The topological polar surface area (TPSA) is 0 Å². The third-order valence-electron chi connectivity index (χ3n) is 2.46. The molecule has 0 aliphatic rings. The summed E-state index contributed by atoms with van der Waals surface area (Å²) in [6.07, 6.45) is 9.16. The summed E-state index contributed by atoms with van der Waals surface area (Å²) in [5.74, 6) is 0. The Labute approximate surface area is 92.0 Å². The first-order chi connectivity index (χ1) is 7.26. The van der Waals surface area contributed by atoms with E-state index >= 15 is 0 Å². The van der Waals surface area contributed by atoms with Gasteiger partial charge in [0.1, 0.15) is 0 Å². The van der Waals surface area contributed by atoms with Crippen LogP contribution in [0.1, 0.15) is 31.4 Å². The van der Waals surface area contributed by atoms with Gasteiger partial charge in [0.15, 0.2) is 0 Å². The van der Waals surface area contributed by atoms with E-state index in [2.05, 4.69) is 51.3 Å². The molecule has 1 rings (SSSR count). The van der Waals surface area contributed by atoms with Crippen molar-refractivity contribution in [2.45, 2.75) is 20.3 Å². The number of hydrogen-bond donors (Lipinski definition) is 0. The molecule has 0 aliphatic carbocycles. The van der Waals surface area contributed by atoms with Gasteiger partial charge in [-0.3, -0.25) is 0 Å². The molecular weight excluding hydrogens is 180 g/mol. The maximum atomic E-state index is 3.82. The van der Waals surface area contributed by atoms with Crippen molar-refractivity contribution in [1.82, 2.24) is 0 Å². The lowest BCUT2D eigenvalue weighted by molar-refractivity contribution is 1.28. The molecule has 0 aliphatic heterocycles. The molecule has 1 aromatic carbocycles. The first-order valence-corrected chi connectivity index (χ1v) is 5.32. The lowest BCUT2D eigenvalue weighted by Crippen LogP contribution is -2.25. The van der Waals surface area contributed by atoms with E-state index in [1.807, 2.05) is 12.2 Å². The van der Waals surface area contributed by atoms with Crippen molar-refractivity contribution >= 4 is 24.3 Å². The fourth-order valence-corrected chi connectivity index (χ4v) is 1.67. The molecule has 0 fully saturated rings. The molecular formula is C15H18. The van der Waals surface area contributed by atoms with Crippen LogP contribution < -0.4 is 10.4 Å². The molecule has 0 saturated carbocycles. The molecule has 0 atom stereocenters. The van der Waals surface area contributed by atoms with Crippen LogP contribution in [0, 0.1) is 0 Å². The third-order valence-corrected chi connectivity index (χ3v) is 2.46. The van der Waals surface area contributed by atoms with E-state index in [0.29, 0.717) is 0 Å². The van der Waals surface area contributed by atoms with Crippen LogP contribution in [0.2, 0.25) is 0 Å². The molecule has 0 N–H and O–H groups in total. The van der Waals surface area contributed by atoms with E-state index in [0.717, 1.165) is 17.5 Å². The van der Waals surface area contributed by atoms with Gasteiger partial charge in [0.25, 0.3) is 0 Å². The van der Waals surface area contributed by atoms with Gasteiger partial charge in [0.2, 0.25) is 0 Å². The molecule has 15 heavy (non-hydrogen) atoms. The van der Waals surface area contributed by atoms with Gasteiger partial charge in [-0.15, -0.1) is 0 Å². The minimum absolute atomic E-state index is 1.05. The highest BCUT2D eigenvalue weighted by Gasteiger charge is 1.95. The number of rotatable bonds is 3. The second-order valence-electron chi connectivity index (χ2n) is 3.42. The molecule has 0 heterocycles. The first-order valence-electron chi connectivity index (χ1n) is 5.32. The Hall–Kier alpha value is -1.56. The second kappa shape index (κ2) is 5.35. The van der Waals surface area contributed by atoms with E-state index < -0.39 is 0 Å². The molecule has 0 spiro atoms. The van der Waals surface area contributed by atoms with Gasteiger partial charge in [0.05, 0.1) is 0 Å².